The van der Waals surface area contributed by atoms with Gasteiger partial charge < -0.3 is 5.32 Å². The van der Waals surface area contributed by atoms with E-state index in [4.69, 9.17) is 0 Å². The first-order valence-corrected chi connectivity index (χ1v) is 9.04. The van der Waals surface area contributed by atoms with Gasteiger partial charge in [0.15, 0.2) is 0 Å². The molecule has 1 aromatic carbocycles. The summed E-state index contributed by atoms with van der Waals surface area (Å²) in [6.45, 7) is 4.54. The molecule has 0 radical (unpaired) electrons. The van der Waals surface area contributed by atoms with Gasteiger partial charge in [-0.25, -0.2) is 12.7 Å². The molecule has 0 amide bonds. The van der Waals surface area contributed by atoms with Crippen LogP contribution in [0.5, 0.6) is 0 Å². The first kappa shape index (κ1) is 16.3. The van der Waals surface area contributed by atoms with Crippen LogP contribution in [0.4, 0.5) is 5.69 Å². The zero-order chi connectivity index (χ0) is 15.6. The summed E-state index contributed by atoms with van der Waals surface area (Å²) in [7, 11) is -0.283. The van der Waals surface area contributed by atoms with E-state index < -0.39 is 10.0 Å². The lowest BCUT2D eigenvalue weighted by Crippen LogP contribution is -2.34. The molecule has 5 heteroatoms. The van der Waals surface area contributed by atoms with Gasteiger partial charge in [0, 0.05) is 20.1 Å². The number of anilines is 1. The Balaban J connectivity index is 2.26. The SMILES string of the molecule is CC1CCC(Nc2ccccc2S(=O)(=O)N(C)C)C(C)C1. The Morgan fingerprint density at radius 1 is 1.14 bits per heavy atom. The van der Waals surface area contributed by atoms with Crippen molar-refractivity contribution in [1.29, 1.82) is 0 Å². The molecule has 0 aliphatic heterocycles. The molecule has 0 heterocycles. The summed E-state index contributed by atoms with van der Waals surface area (Å²) in [6, 6.07) is 7.54. The van der Waals surface area contributed by atoms with Gasteiger partial charge in [0.1, 0.15) is 4.90 Å². The van der Waals surface area contributed by atoms with Gasteiger partial charge in [0.05, 0.1) is 5.69 Å². The van der Waals surface area contributed by atoms with Gasteiger partial charge in [0.2, 0.25) is 10.0 Å². The molecular weight excluding hydrogens is 284 g/mol. The highest BCUT2D eigenvalue weighted by molar-refractivity contribution is 7.89. The van der Waals surface area contributed by atoms with E-state index in [1.807, 2.05) is 12.1 Å². The molecule has 1 aliphatic carbocycles. The molecule has 0 bridgehead atoms. The van der Waals surface area contributed by atoms with Crippen LogP contribution in [0.15, 0.2) is 29.2 Å². The highest BCUT2D eigenvalue weighted by Gasteiger charge is 2.27. The van der Waals surface area contributed by atoms with Gasteiger partial charge in [-0.15, -0.1) is 0 Å². The van der Waals surface area contributed by atoms with Crippen molar-refractivity contribution in [2.24, 2.45) is 11.8 Å². The van der Waals surface area contributed by atoms with Crippen LogP contribution in [0, 0.1) is 11.8 Å². The van der Waals surface area contributed by atoms with Crippen molar-refractivity contribution in [1.82, 2.24) is 4.31 Å². The third kappa shape index (κ3) is 3.58. The number of benzene rings is 1. The first-order valence-electron chi connectivity index (χ1n) is 7.60. The Kier molecular flexibility index (Phi) is 4.94. The molecule has 118 valence electrons. The fourth-order valence-electron chi connectivity index (χ4n) is 3.09. The molecule has 4 nitrogen and oxygen atoms in total. The maximum absolute atomic E-state index is 12.4. The summed E-state index contributed by atoms with van der Waals surface area (Å²) in [5.74, 6) is 1.32. The Morgan fingerprint density at radius 2 is 1.81 bits per heavy atom. The molecule has 1 saturated carbocycles. The monoisotopic (exact) mass is 310 g/mol. The van der Waals surface area contributed by atoms with Gasteiger partial charge in [-0.3, -0.25) is 0 Å². The zero-order valence-electron chi connectivity index (χ0n) is 13.3. The number of sulfonamides is 1. The molecule has 1 aliphatic rings. The van der Waals surface area contributed by atoms with Crippen LogP contribution >= 0.6 is 0 Å². The first-order chi connectivity index (χ1) is 9.82. The Morgan fingerprint density at radius 3 is 2.43 bits per heavy atom. The number of hydrogen-bond donors (Lipinski definition) is 1. The third-order valence-corrected chi connectivity index (χ3v) is 6.29. The van der Waals surface area contributed by atoms with E-state index in [-0.39, 0.29) is 0 Å². The van der Waals surface area contributed by atoms with Gasteiger partial charge in [0.25, 0.3) is 0 Å². The molecule has 1 N–H and O–H groups in total. The summed E-state index contributed by atoms with van der Waals surface area (Å²) in [5.41, 5.74) is 0.720. The molecule has 21 heavy (non-hydrogen) atoms. The average molecular weight is 310 g/mol. The number of nitrogens with zero attached hydrogens (tertiary/aromatic N) is 1. The summed E-state index contributed by atoms with van der Waals surface area (Å²) in [4.78, 5) is 0.362. The Hall–Kier alpha value is -1.07. The van der Waals surface area contributed by atoms with Crippen molar-refractivity contribution >= 4 is 15.7 Å². The van der Waals surface area contributed by atoms with Gasteiger partial charge in [-0.1, -0.05) is 26.0 Å². The van der Waals surface area contributed by atoms with E-state index in [2.05, 4.69) is 19.2 Å². The van der Waals surface area contributed by atoms with E-state index >= 15 is 0 Å². The predicted octanol–water partition coefficient (Wildman–Crippen LogP) is 3.17. The maximum atomic E-state index is 12.4. The summed E-state index contributed by atoms with van der Waals surface area (Å²) < 4.78 is 26.1. The highest BCUT2D eigenvalue weighted by atomic mass is 32.2. The molecule has 0 aromatic heterocycles. The van der Waals surface area contributed by atoms with Gasteiger partial charge >= 0.3 is 0 Å². The van der Waals surface area contributed by atoms with E-state index in [1.54, 1.807) is 26.2 Å². The van der Waals surface area contributed by atoms with Crippen LogP contribution in [0.1, 0.15) is 33.1 Å². The molecule has 1 aromatic rings. The Bertz CT molecular complexity index is 584. The van der Waals surface area contributed by atoms with E-state index in [0.29, 0.717) is 16.9 Å². The minimum absolute atomic E-state index is 0.347. The molecule has 3 atom stereocenters. The second-order valence-corrected chi connectivity index (χ2v) is 8.55. The second kappa shape index (κ2) is 6.36. The van der Waals surface area contributed by atoms with Gasteiger partial charge in [-0.05, 0) is 43.2 Å². The third-order valence-electron chi connectivity index (χ3n) is 4.42. The maximum Gasteiger partial charge on any atom is 0.244 e. The number of hydrogen-bond acceptors (Lipinski definition) is 3. The highest BCUT2D eigenvalue weighted by Crippen LogP contribution is 2.32. The van der Waals surface area contributed by atoms with Crippen LogP contribution in [0.25, 0.3) is 0 Å². The smallest absolute Gasteiger partial charge is 0.244 e. The molecule has 1 fully saturated rings. The van der Waals surface area contributed by atoms with E-state index in [1.165, 1.54) is 17.1 Å². The number of rotatable bonds is 4. The van der Waals surface area contributed by atoms with Crippen molar-refractivity contribution < 1.29 is 8.42 Å². The number of nitrogens with one attached hydrogen (secondary N) is 1. The van der Waals surface area contributed by atoms with Crippen LogP contribution in [-0.4, -0.2) is 32.9 Å². The molecule has 0 spiro atoms. The van der Waals surface area contributed by atoms with Crippen molar-refractivity contribution in [2.45, 2.75) is 44.0 Å². The lowest BCUT2D eigenvalue weighted by Gasteiger charge is -2.34. The van der Waals surface area contributed by atoms with Crippen LogP contribution in [0.3, 0.4) is 0 Å². The van der Waals surface area contributed by atoms with Crippen molar-refractivity contribution in [3.8, 4) is 0 Å². The zero-order valence-corrected chi connectivity index (χ0v) is 14.2. The average Bonchev–Trinajstić information content (AvgIpc) is 2.42. The molecule has 2 rings (SSSR count). The molecular formula is C16H26N2O2S. The van der Waals surface area contributed by atoms with Crippen molar-refractivity contribution in [2.75, 3.05) is 19.4 Å². The van der Waals surface area contributed by atoms with Crippen molar-refractivity contribution in [3.05, 3.63) is 24.3 Å². The van der Waals surface area contributed by atoms with Gasteiger partial charge in [-0.2, -0.15) is 0 Å². The Labute approximate surface area is 128 Å². The second-order valence-electron chi connectivity index (χ2n) is 6.43. The summed E-state index contributed by atoms with van der Waals surface area (Å²) >= 11 is 0. The standard InChI is InChI=1S/C16H26N2O2S/c1-12-9-10-14(13(2)11-12)17-15-7-5-6-8-16(15)21(19,20)18(3)4/h5-8,12-14,17H,9-11H2,1-4H3. The van der Waals surface area contributed by atoms with Crippen LogP contribution in [-0.2, 0) is 10.0 Å². The lowest BCUT2D eigenvalue weighted by atomic mass is 9.80. The topological polar surface area (TPSA) is 49.4 Å². The normalized spacial score (nSPS) is 26.8. The number of para-hydroxylation sites is 1. The van der Waals surface area contributed by atoms with Crippen LogP contribution < -0.4 is 5.32 Å². The van der Waals surface area contributed by atoms with E-state index in [9.17, 15) is 8.42 Å². The fraction of sp³-hybridized carbons (Fsp3) is 0.625. The van der Waals surface area contributed by atoms with Crippen molar-refractivity contribution in [3.63, 3.8) is 0 Å². The fourth-order valence-corrected chi connectivity index (χ4v) is 4.14. The summed E-state index contributed by atoms with van der Waals surface area (Å²) in [6.07, 6.45) is 3.49. The minimum Gasteiger partial charge on any atom is -0.381 e. The summed E-state index contributed by atoms with van der Waals surface area (Å²) in [5, 5.41) is 3.47. The quantitative estimate of drug-likeness (QED) is 0.929. The lowest BCUT2D eigenvalue weighted by molar-refractivity contribution is 0.276. The molecule has 3 unspecified atom stereocenters. The predicted molar refractivity (Wildman–Crippen MR) is 86.9 cm³/mol. The molecule has 0 saturated heterocycles. The van der Waals surface area contributed by atoms with E-state index in [0.717, 1.165) is 18.0 Å². The largest absolute Gasteiger partial charge is 0.381 e. The minimum atomic E-state index is -3.42. The van der Waals surface area contributed by atoms with Crippen LogP contribution in [0.2, 0.25) is 0 Å².